The number of para-hydroxylation sites is 1. The van der Waals surface area contributed by atoms with Crippen LogP contribution in [-0.4, -0.2) is 15.7 Å². The first-order valence-corrected chi connectivity index (χ1v) is 9.00. The molecule has 24 heavy (non-hydrogen) atoms. The van der Waals surface area contributed by atoms with Crippen molar-refractivity contribution in [3.8, 4) is 5.69 Å². The van der Waals surface area contributed by atoms with E-state index in [9.17, 15) is 9.90 Å². The minimum Gasteiger partial charge on any atom is -0.543 e. The molecule has 0 N–H and O–H groups in total. The Morgan fingerprint density at radius 3 is 2.17 bits per heavy atom. The summed E-state index contributed by atoms with van der Waals surface area (Å²) < 4.78 is 1.87. The van der Waals surface area contributed by atoms with E-state index in [0.29, 0.717) is 0 Å². The van der Waals surface area contributed by atoms with Crippen LogP contribution >= 0.6 is 0 Å². The highest BCUT2D eigenvalue weighted by atomic mass is 16.4. The summed E-state index contributed by atoms with van der Waals surface area (Å²) >= 11 is 0. The molecule has 2 aromatic rings. The van der Waals surface area contributed by atoms with Gasteiger partial charge in [0, 0.05) is 5.41 Å². The summed E-state index contributed by atoms with van der Waals surface area (Å²) in [5.41, 5.74) is 2.19. The highest BCUT2D eigenvalue weighted by Gasteiger charge is 2.53. The summed E-state index contributed by atoms with van der Waals surface area (Å²) in [6.07, 6.45) is 7.66. The number of aromatic carboxylic acids is 1. The van der Waals surface area contributed by atoms with Gasteiger partial charge in [0.25, 0.3) is 0 Å². The molecular formula is C20H21N2O2-. The van der Waals surface area contributed by atoms with Crippen molar-refractivity contribution in [1.82, 2.24) is 9.78 Å². The largest absolute Gasteiger partial charge is 0.543 e. The van der Waals surface area contributed by atoms with Crippen molar-refractivity contribution in [2.24, 2.45) is 17.8 Å². The van der Waals surface area contributed by atoms with Gasteiger partial charge in [-0.25, -0.2) is 4.68 Å². The van der Waals surface area contributed by atoms with Crippen molar-refractivity contribution < 1.29 is 9.90 Å². The molecule has 4 aliphatic rings. The Morgan fingerprint density at radius 1 is 1.04 bits per heavy atom. The van der Waals surface area contributed by atoms with Crippen molar-refractivity contribution >= 4 is 5.97 Å². The number of carbonyl (C=O) groups excluding carboxylic acids is 1. The van der Waals surface area contributed by atoms with Crippen molar-refractivity contribution in [3.05, 3.63) is 47.8 Å². The molecule has 4 heteroatoms. The van der Waals surface area contributed by atoms with Crippen LogP contribution in [0.4, 0.5) is 0 Å². The maximum atomic E-state index is 11.4. The first-order chi connectivity index (χ1) is 11.6. The van der Waals surface area contributed by atoms with Crippen LogP contribution in [0.15, 0.2) is 36.4 Å². The molecule has 0 aliphatic heterocycles. The van der Waals surface area contributed by atoms with Crippen LogP contribution in [0.5, 0.6) is 0 Å². The third-order valence-corrected chi connectivity index (χ3v) is 6.50. The van der Waals surface area contributed by atoms with Gasteiger partial charge in [-0.1, -0.05) is 18.2 Å². The Balaban J connectivity index is 1.66. The topological polar surface area (TPSA) is 57.9 Å². The molecule has 1 aromatic carbocycles. The Labute approximate surface area is 141 Å². The third-order valence-electron chi connectivity index (χ3n) is 6.50. The van der Waals surface area contributed by atoms with Gasteiger partial charge in [-0.15, -0.1) is 0 Å². The lowest BCUT2D eigenvalue weighted by molar-refractivity contribution is -0.255. The Morgan fingerprint density at radius 2 is 1.62 bits per heavy atom. The number of nitrogens with zero attached hydrogens (tertiary/aromatic N) is 2. The van der Waals surface area contributed by atoms with Gasteiger partial charge in [-0.05, 0) is 74.5 Å². The predicted molar refractivity (Wildman–Crippen MR) is 87.7 cm³/mol. The number of carboxylic acid groups (broad SMARTS) is 1. The molecule has 1 aromatic heterocycles. The zero-order chi connectivity index (χ0) is 16.3. The van der Waals surface area contributed by atoms with Crippen molar-refractivity contribution in [2.45, 2.75) is 43.9 Å². The van der Waals surface area contributed by atoms with Gasteiger partial charge in [0.1, 0.15) is 5.69 Å². The zero-order valence-electron chi connectivity index (χ0n) is 13.6. The molecule has 1 heterocycles. The van der Waals surface area contributed by atoms with Crippen LogP contribution in [0.25, 0.3) is 5.69 Å². The van der Waals surface area contributed by atoms with E-state index >= 15 is 0 Å². The van der Waals surface area contributed by atoms with Crippen LogP contribution in [-0.2, 0) is 5.41 Å². The smallest absolute Gasteiger partial charge is 0.108 e. The van der Waals surface area contributed by atoms with E-state index in [1.807, 2.05) is 35.0 Å². The lowest BCUT2D eigenvalue weighted by atomic mass is 9.49. The molecule has 4 saturated carbocycles. The van der Waals surface area contributed by atoms with Gasteiger partial charge in [-0.2, -0.15) is 5.10 Å². The molecule has 4 fully saturated rings. The second kappa shape index (κ2) is 4.95. The number of carboxylic acids is 1. The second-order valence-corrected chi connectivity index (χ2v) is 8.15. The molecule has 124 valence electrons. The Kier molecular flexibility index (Phi) is 2.94. The van der Waals surface area contributed by atoms with E-state index in [-0.39, 0.29) is 11.1 Å². The van der Waals surface area contributed by atoms with E-state index < -0.39 is 5.97 Å². The molecule has 6 rings (SSSR count). The molecule has 0 atom stereocenters. The predicted octanol–water partition coefficient (Wildman–Crippen LogP) is 2.70. The molecule has 0 amide bonds. The summed E-state index contributed by atoms with van der Waals surface area (Å²) in [6, 6.07) is 11.7. The number of rotatable bonds is 3. The second-order valence-electron chi connectivity index (χ2n) is 8.15. The molecule has 4 nitrogen and oxygen atoms in total. The first kappa shape index (κ1) is 14.3. The van der Waals surface area contributed by atoms with Gasteiger partial charge in [0.2, 0.25) is 0 Å². The number of hydrogen-bond acceptors (Lipinski definition) is 3. The SMILES string of the molecule is O=C([O-])c1cc(C23CC4CC(CC(C4)C2)C3)n(-c2ccccc2)n1. The Bertz CT molecular complexity index is 758. The number of hydrogen-bond donors (Lipinski definition) is 0. The fourth-order valence-corrected chi connectivity index (χ4v) is 6.05. The van der Waals surface area contributed by atoms with Gasteiger partial charge < -0.3 is 9.90 Å². The lowest BCUT2D eigenvalue weighted by Gasteiger charge is -2.56. The summed E-state index contributed by atoms with van der Waals surface area (Å²) in [4.78, 5) is 11.4. The number of benzene rings is 1. The van der Waals surface area contributed by atoms with Gasteiger partial charge in [0.15, 0.2) is 0 Å². The van der Waals surface area contributed by atoms with Gasteiger partial charge >= 0.3 is 0 Å². The van der Waals surface area contributed by atoms with Crippen molar-refractivity contribution in [1.29, 1.82) is 0 Å². The van der Waals surface area contributed by atoms with Gasteiger partial charge in [0.05, 0.1) is 17.4 Å². The summed E-state index contributed by atoms with van der Waals surface area (Å²) in [5.74, 6) is 1.24. The zero-order valence-corrected chi connectivity index (χ0v) is 13.6. The average Bonchev–Trinajstić information content (AvgIpc) is 3.01. The van der Waals surface area contributed by atoms with Crippen LogP contribution in [0.3, 0.4) is 0 Å². The highest BCUT2D eigenvalue weighted by molar-refractivity contribution is 5.83. The highest BCUT2D eigenvalue weighted by Crippen LogP contribution is 2.60. The summed E-state index contributed by atoms with van der Waals surface area (Å²) in [5, 5.41) is 15.8. The molecular weight excluding hydrogens is 300 g/mol. The monoisotopic (exact) mass is 321 g/mol. The van der Waals surface area contributed by atoms with E-state index in [2.05, 4.69) is 5.10 Å². The van der Waals surface area contributed by atoms with Crippen LogP contribution in [0, 0.1) is 17.8 Å². The Hall–Kier alpha value is -2.10. The van der Waals surface area contributed by atoms with Crippen molar-refractivity contribution in [3.63, 3.8) is 0 Å². The number of aromatic nitrogens is 2. The van der Waals surface area contributed by atoms with E-state index in [0.717, 1.165) is 29.1 Å². The standard InChI is InChI=1S/C20H22N2O2/c23-19(24)17-9-18(22(21-17)16-4-2-1-3-5-16)20-10-13-6-14(11-20)8-15(7-13)12-20/h1-5,9,13-15H,6-8,10-12H2,(H,23,24)/p-1. The first-order valence-electron chi connectivity index (χ1n) is 9.00. The van der Waals surface area contributed by atoms with Crippen LogP contribution in [0.2, 0.25) is 0 Å². The molecule has 4 bridgehead atoms. The summed E-state index contributed by atoms with van der Waals surface area (Å²) in [7, 11) is 0. The average molecular weight is 321 g/mol. The maximum absolute atomic E-state index is 11.4. The van der Waals surface area contributed by atoms with Crippen molar-refractivity contribution in [2.75, 3.05) is 0 Å². The fourth-order valence-electron chi connectivity index (χ4n) is 6.05. The number of carbonyl (C=O) groups is 1. The summed E-state index contributed by atoms with van der Waals surface area (Å²) in [6.45, 7) is 0. The van der Waals surface area contributed by atoms with Gasteiger partial charge in [-0.3, -0.25) is 0 Å². The quantitative estimate of drug-likeness (QED) is 0.873. The molecule has 0 spiro atoms. The lowest BCUT2D eigenvalue weighted by Crippen LogP contribution is -2.49. The normalized spacial score (nSPS) is 33.8. The maximum Gasteiger partial charge on any atom is 0.108 e. The molecule has 0 unspecified atom stereocenters. The van der Waals surface area contributed by atoms with E-state index in [1.54, 1.807) is 6.07 Å². The van der Waals surface area contributed by atoms with Crippen LogP contribution in [0.1, 0.15) is 54.7 Å². The fraction of sp³-hybridized carbons (Fsp3) is 0.500. The third kappa shape index (κ3) is 2.05. The minimum absolute atomic E-state index is 0.0598. The molecule has 4 aliphatic carbocycles. The van der Waals surface area contributed by atoms with Crippen LogP contribution < -0.4 is 5.11 Å². The molecule has 0 radical (unpaired) electrons. The van der Waals surface area contributed by atoms with E-state index in [1.165, 1.54) is 38.5 Å². The minimum atomic E-state index is -1.18. The molecule has 0 saturated heterocycles. The van der Waals surface area contributed by atoms with E-state index in [4.69, 9.17) is 0 Å².